The number of nitrogens with one attached hydrogen (secondary N) is 2. The second kappa shape index (κ2) is 7.68. The largest absolute Gasteiger partial charge is 0.353 e. The summed E-state index contributed by atoms with van der Waals surface area (Å²) in [5, 5.41) is 11.4. The maximum atomic E-state index is 13.3. The summed E-state index contributed by atoms with van der Waals surface area (Å²) in [6, 6.07) is 7.29. The molecule has 2 aromatic rings. The number of hydrogen-bond donors (Lipinski definition) is 2. The number of halogens is 1. The summed E-state index contributed by atoms with van der Waals surface area (Å²) < 4.78 is 15.3. The first kappa shape index (κ1) is 17.5. The van der Waals surface area contributed by atoms with Crippen LogP contribution in [0.4, 0.5) is 4.39 Å². The fourth-order valence-corrected chi connectivity index (χ4v) is 3.12. The first-order valence-electron chi connectivity index (χ1n) is 8.83. The monoisotopic (exact) mass is 343 g/mol. The van der Waals surface area contributed by atoms with E-state index in [9.17, 15) is 4.39 Å². The fraction of sp³-hybridized carbons (Fsp3) is 0.474. The van der Waals surface area contributed by atoms with Crippen LogP contribution in [0.5, 0.6) is 0 Å². The van der Waals surface area contributed by atoms with E-state index in [0.29, 0.717) is 18.6 Å². The topological polar surface area (TPSA) is 54.2 Å². The lowest BCUT2D eigenvalue weighted by Gasteiger charge is -2.24. The Labute approximate surface area is 148 Å². The molecule has 2 N–H and O–H groups in total. The van der Waals surface area contributed by atoms with Crippen LogP contribution in [-0.2, 0) is 19.4 Å². The normalized spacial score (nSPS) is 17.5. The molecule has 0 radical (unpaired) electrons. The Morgan fingerprint density at radius 2 is 2.28 bits per heavy atom. The van der Waals surface area contributed by atoms with E-state index in [0.717, 1.165) is 30.8 Å². The van der Waals surface area contributed by atoms with Gasteiger partial charge < -0.3 is 10.6 Å². The molecule has 1 heterocycles. The molecule has 1 aromatic heterocycles. The maximum absolute atomic E-state index is 13.3. The van der Waals surface area contributed by atoms with E-state index in [1.54, 1.807) is 13.1 Å². The summed E-state index contributed by atoms with van der Waals surface area (Å²) in [6.07, 6.45) is 5.15. The zero-order valence-electron chi connectivity index (χ0n) is 15.1. The van der Waals surface area contributed by atoms with Crippen LogP contribution in [-0.4, -0.2) is 28.8 Å². The van der Waals surface area contributed by atoms with Crippen LogP contribution >= 0.6 is 0 Å². The number of rotatable bonds is 4. The third-order valence-corrected chi connectivity index (χ3v) is 4.54. The molecule has 6 heteroatoms. The van der Waals surface area contributed by atoms with E-state index in [2.05, 4.69) is 35.7 Å². The van der Waals surface area contributed by atoms with Gasteiger partial charge in [-0.25, -0.2) is 4.39 Å². The highest BCUT2D eigenvalue weighted by molar-refractivity contribution is 5.80. The van der Waals surface area contributed by atoms with Gasteiger partial charge in [0.1, 0.15) is 5.82 Å². The molecule has 1 aromatic carbocycles. The Bertz CT molecular complexity index is 750. The van der Waals surface area contributed by atoms with E-state index in [1.807, 2.05) is 10.7 Å². The molecular weight excluding hydrogens is 317 g/mol. The number of guanidine groups is 1. The van der Waals surface area contributed by atoms with Crippen LogP contribution in [0.3, 0.4) is 0 Å². The van der Waals surface area contributed by atoms with Crippen molar-refractivity contribution in [1.82, 2.24) is 20.4 Å². The van der Waals surface area contributed by atoms with Crippen LogP contribution in [0, 0.1) is 5.82 Å². The smallest absolute Gasteiger partial charge is 0.191 e. The molecule has 3 rings (SSSR count). The van der Waals surface area contributed by atoms with Crippen molar-refractivity contribution < 1.29 is 4.39 Å². The molecule has 25 heavy (non-hydrogen) atoms. The van der Waals surface area contributed by atoms with Crippen molar-refractivity contribution in [3.8, 4) is 0 Å². The molecule has 0 aliphatic heterocycles. The quantitative estimate of drug-likeness (QED) is 0.663. The number of benzene rings is 1. The Morgan fingerprint density at radius 3 is 3.00 bits per heavy atom. The van der Waals surface area contributed by atoms with E-state index >= 15 is 0 Å². The lowest BCUT2D eigenvalue weighted by Crippen LogP contribution is -2.45. The van der Waals surface area contributed by atoms with Crippen molar-refractivity contribution in [3.05, 3.63) is 53.1 Å². The number of hydrogen-bond acceptors (Lipinski definition) is 2. The first-order valence-corrected chi connectivity index (χ1v) is 8.83. The molecular formula is C19H26FN5. The van der Waals surface area contributed by atoms with Gasteiger partial charge >= 0.3 is 0 Å². The van der Waals surface area contributed by atoms with Gasteiger partial charge in [0.25, 0.3) is 0 Å². The molecule has 0 saturated carbocycles. The van der Waals surface area contributed by atoms with Crippen molar-refractivity contribution in [3.63, 3.8) is 0 Å². The number of aromatic nitrogens is 2. The lowest BCUT2D eigenvalue weighted by atomic mass is 9.94. The van der Waals surface area contributed by atoms with Gasteiger partial charge in [0, 0.05) is 38.3 Å². The van der Waals surface area contributed by atoms with E-state index < -0.39 is 0 Å². The van der Waals surface area contributed by atoms with Crippen LogP contribution in [0.1, 0.15) is 43.1 Å². The Balaban J connectivity index is 1.57. The molecule has 1 atom stereocenters. The van der Waals surface area contributed by atoms with Crippen molar-refractivity contribution >= 4 is 5.96 Å². The minimum absolute atomic E-state index is 0.220. The minimum Gasteiger partial charge on any atom is -0.353 e. The fourth-order valence-electron chi connectivity index (χ4n) is 3.12. The van der Waals surface area contributed by atoms with Gasteiger partial charge in [-0.15, -0.1) is 0 Å². The third kappa shape index (κ3) is 4.38. The highest BCUT2D eigenvalue weighted by Gasteiger charge is 2.22. The molecule has 1 aliphatic carbocycles. The molecule has 0 saturated heterocycles. The summed E-state index contributed by atoms with van der Waals surface area (Å²) in [6.45, 7) is 4.83. The van der Waals surface area contributed by atoms with Crippen LogP contribution in [0.2, 0.25) is 0 Å². The average Bonchev–Trinajstić information content (AvgIpc) is 3.02. The second-order valence-corrected chi connectivity index (χ2v) is 6.81. The highest BCUT2D eigenvalue weighted by atomic mass is 19.1. The Kier molecular flexibility index (Phi) is 5.36. The zero-order chi connectivity index (χ0) is 17.8. The maximum Gasteiger partial charge on any atom is 0.191 e. The van der Waals surface area contributed by atoms with Crippen molar-refractivity contribution in [2.75, 3.05) is 7.05 Å². The van der Waals surface area contributed by atoms with Gasteiger partial charge in [0.2, 0.25) is 0 Å². The van der Waals surface area contributed by atoms with Gasteiger partial charge in [0.05, 0.1) is 5.69 Å². The number of nitrogens with zero attached hydrogens (tertiary/aromatic N) is 3. The van der Waals surface area contributed by atoms with Crippen LogP contribution in [0.15, 0.2) is 35.5 Å². The van der Waals surface area contributed by atoms with Gasteiger partial charge in [-0.1, -0.05) is 12.1 Å². The first-order chi connectivity index (χ1) is 12.0. The predicted octanol–water partition coefficient (Wildman–Crippen LogP) is 2.83. The molecule has 0 spiro atoms. The van der Waals surface area contributed by atoms with E-state index in [1.165, 1.54) is 23.4 Å². The van der Waals surface area contributed by atoms with Crippen molar-refractivity contribution in [2.45, 2.75) is 51.7 Å². The molecule has 1 unspecified atom stereocenters. The number of aliphatic imine (C=N–C) groups is 1. The van der Waals surface area contributed by atoms with E-state index in [4.69, 9.17) is 5.10 Å². The van der Waals surface area contributed by atoms with Crippen LogP contribution < -0.4 is 10.6 Å². The van der Waals surface area contributed by atoms with E-state index in [-0.39, 0.29) is 5.82 Å². The van der Waals surface area contributed by atoms with Crippen molar-refractivity contribution in [2.24, 2.45) is 4.99 Å². The summed E-state index contributed by atoms with van der Waals surface area (Å²) in [4.78, 5) is 4.28. The summed E-state index contributed by atoms with van der Waals surface area (Å²) >= 11 is 0. The second-order valence-electron chi connectivity index (χ2n) is 6.81. The highest BCUT2D eigenvalue weighted by Crippen LogP contribution is 2.21. The minimum atomic E-state index is -0.220. The molecule has 0 bridgehead atoms. The number of aryl methyl sites for hydroxylation is 1. The summed E-state index contributed by atoms with van der Waals surface area (Å²) in [5.74, 6) is 0.517. The van der Waals surface area contributed by atoms with Gasteiger partial charge in [-0.3, -0.25) is 9.67 Å². The zero-order valence-corrected chi connectivity index (χ0v) is 15.1. The standard InChI is InChI=1S/C19H26FN5/c1-13(2)25-12-15-7-8-17(10-18(15)24-25)23-19(21-3)22-11-14-5-4-6-16(20)9-14/h4-6,9,12-13,17H,7-8,10-11H2,1-3H3,(H2,21,22,23). The summed E-state index contributed by atoms with van der Waals surface area (Å²) in [7, 11) is 1.75. The van der Waals surface area contributed by atoms with Crippen molar-refractivity contribution in [1.29, 1.82) is 0 Å². The van der Waals surface area contributed by atoms with Crippen LogP contribution in [0.25, 0.3) is 0 Å². The van der Waals surface area contributed by atoms with Gasteiger partial charge in [-0.2, -0.15) is 5.10 Å². The SMILES string of the molecule is CN=C(NCc1cccc(F)c1)NC1CCc2cn(C(C)C)nc2C1. The lowest BCUT2D eigenvalue weighted by molar-refractivity contribution is 0.499. The molecule has 134 valence electrons. The molecule has 0 amide bonds. The Morgan fingerprint density at radius 1 is 1.44 bits per heavy atom. The Hall–Kier alpha value is -2.37. The van der Waals surface area contributed by atoms with Gasteiger partial charge in [-0.05, 0) is 49.9 Å². The molecule has 0 fully saturated rings. The van der Waals surface area contributed by atoms with Gasteiger partial charge in [0.15, 0.2) is 5.96 Å². The molecule has 5 nitrogen and oxygen atoms in total. The number of fused-ring (bicyclic) bond motifs is 1. The molecule has 1 aliphatic rings. The summed E-state index contributed by atoms with van der Waals surface area (Å²) in [5.41, 5.74) is 3.43. The predicted molar refractivity (Wildman–Crippen MR) is 98.2 cm³/mol. The average molecular weight is 343 g/mol. The third-order valence-electron chi connectivity index (χ3n) is 4.54.